The van der Waals surface area contributed by atoms with Gasteiger partial charge in [-0.1, -0.05) is 24.0 Å². The van der Waals surface area contributed by atoms with E-state index in [1.54, 1.807) is 0 Å². The fourth-order valence-corrected chi connectivity index (χ4v) is 2.58. The Morgan fingerprint density at radius 1 is 0.722 bits per heavy atom. The summed E-state index contributed by atoms with van der Waals surface area (Å²) in [5.41, 5.74) is 7.17. The third kappa shape index (κ3) is 1.60. The van der Waals surface area contributed by atoms with Crippen LogP contribution in [0.25, 0.3) is 11.1 Å². The topological polar surface area (TPSA) is 0 Å². The van der Waals surface area contributed by atoms with Crippen molar-refractivity contribution in [2.45, 2.75) is 12.8 Å². The normalized spacial score (nSPS) is 11.9. The molecule has 1 aliphatic carbocycles. The highest BCUT2D eigenvalue weighted by molar-refractivity contribution is 5.74. The van der Waals surface area contributed by atoms with E-state index in [4.69, 9.17) is 12.8 Å². The molecule has 0 radical (unpaired) electrons. The van der Waals surface area contributed by atoms with Crippen LogP contribution in [-0.2, 0) is 12.8 Å². The summed E-state index contributed by atoms with van der Waals surface area (Å²) in [7, 11) is 0. The second-order valence-corrected chi connectivity index (χ2v) is 4.53. The van der Waals surface area contributed by atoms with Crippen molar-refractivity contribution in [1.29, 1.82) is 0 Å². The molecule has 0 heterocycles. The maximum absolute atomic E-state index is 5.44. The number of aryl methyl sites for hydroxylation is 2. The molecule has 0 heteroatoms. The summed E-state index contributed by atoms with van der Waals surface area (Å²) < 4.78 is 0. The van der Waals surface area contributed by atoms with E-state index in [2.05, 4.69) is 36.1 Å². The lowest BCUT2D eigenvalue weighted by Crippen LogP contribution is -2.04. The molecule has 2 aromatic rings. The lowest BCUT2D eigenvalue weighted by molar-refractivity contribution is 0.940. The van der Waals surface area contributed by atoms with E-state index in [0.29, 0.717) is 0 Å². The molecule has 84 valence electrons. The Hall–Kier alpha value is -2.44. The fourth-order valence-electron chi connectivity index (χ4n) is 2.58. The molecule has 0 N–H and O–H groups in total. The van der Waals surface area contributed by atoms with Gasteiger partial charge in [0.15, 0.2) is 0 Å². The quantitative estimate of drug-likeness (QED) is 0.606. The first-order valence-corrected chi connectivity index (χ1v) is 6.01. The number of benzene rings is 2. The Balaban J connectivity index is 2.19. The number of terminal acetylenes is 2. The third-order valence-electron chi connectivity index (χ3n) is 3.50. The van der Waals surface area contributed by atoms with Crippen LogP contribution in [0.15, 0.2) is 36.4 Å². The van der Waals surface area contributed by atoms with Gasteiger partial charge in [-0.05, 0) is 59.4 Å². The molecule has 0 spiro atoms. The van der Waals surface area contributed by atoms with Crippen LogP contribution in [0.1, 0.15) is 22.3 Å². The van der Waals surface area contributed by atoms with Crippen LogP contribution in [0.5, 0.6) is 0 Å². The summed E-state index contributed by atoms with van der Waals surface area (Å²) in [6.07, 6.45) is 13.0. The average Bonchev–Trinajstić information content (AvgIpc) is 2.45. The Bertz CT molecular complexity index is 642. The number of rotatable bonds is 0. The summed E-state index contributed by atoms with van der Waals surface area (Å²) in [5.74, 6) is 5.39. The van der Waals surface area contributed by atoms with Gasteiger partial charge in [0.1, 0.15) is 0 Å². The van der Waals surface area contributed by atoms with Gasteiger partial charge < -0.3 is 0 Å². The lowest BCUT2D eigenvalue weighted by Gasteiger charge is -2.20. The highest BCUT2D eigenvalue weighted by Crippen LogP contribution is 2.34. The van der Waals surface area contributed by atoms with Crippen LogP contribution < -0.4 is 0 Å². The molecule has 0 nitrogen and oxygen atoms in total. The van der Waals surface area contributed by atoms with Gasteiger partial charge in [0, 0.05) is 11.1 Å². The predicted molar refractivity (Wildman–Crippen MR) is 75.2 cm³/mol. The van der Waals surface area contributed by atoms with Gasteiger partial charge in [0.25, 0.3) is 0 Å². The highest BCUT2D eigenvalue weighted by Gasteiger charge is 2.16. The van der Waals surface area contributed by atoms with Crippen molar-refractivity contribution in [3.8, 4) is 35.8 Å². The first-order valence-electron chi connectivity index (χ1n) is 6.01. The van der Waals surface area contributed by atoms with Gasteiger partial charge in [-0.25, -0.2) is 0 Å². The monoisotopic (exact) mass is 228 g/mol. The van der Waals surface area contributed by atoms with E-state index in [-0.39, 0.29) is 0 Å². The van der Waals surface area contributed by atoms with Crippen molar-refractivity contribution in [1.82, 2.24) is 0 Å². The minimum atomic E-state index is 0.956. The molecule has 3 rings (SSSR count). The van der Waals surface area contributed by atoms with Gasteiger partial charge in [-0.3, -0.25) is 0 Å². The molecule has 0 saturated carbocycles. The Morgan fingerprint density at radius 3 is 1.56 bits per heavy atom. The molecule has 1 aliphatic rings. The smallest absolute Gasteiger partial charge is 0.0245 e. The molecule has 0 atom stereocenters. The molecule has 0 fully saturated rings. The number of fused-ring (bicyclic) bond motifs is 3. The first kappa shape index (κ1) is 10.7. The van der Waals surface area contributed by atoms with Gasteiger partial charge in [0.05, 0.1) is 0 Å². The maximum atomic E-state index is 5.44. The molecule has 0 unspecified atom stereocenters. The zero-order valence-electron chi connectivity index (χ0n) is 10.0. The summed E-state index contributed by atoms with van der Waals surface area (Å²) in [6.45, 7) is 0. The van der Waals surface area contributed by atoms with Crippen molar-refractivity contribution in [2.24, 2.45) is 0 Å². The zero-order valence-corrected chi connectivity index (χ0v) is 10.0. The third-order valence-corrected chi connectivity index (χ3v) is 3.50. The van der Waals surface area contributed by atoms with E-state index in [1.165, 1.54) is 22.3 Å². The molecule has 0 aromatic heterocycles. The molecule has 0 saturated heterocycles. The maximum Gasteiger partial charge on any atom is 0.0245 e. The largest absolute Gasteiger partial charge is 0.115 e. The Labute approximate surface area is 108 Å². The van der Waals surface area contributed by atoms with Crippen molar-refractivity contribution < 1.29 is 0 Å². The van der Waals surface area contributed by atoms with E-state index in [0.717, 1.165) is 24.0 Å². The first-order chi connectivity index (χ1) is 8.81. The van der Waals surface area contributed by atoms with Crippen LogP contribution in [0, 0.1) is 24.7 Å². The van der Waals surface area contributed by atoms with Crippen LogP contribution >= 0.6 is 0 Å². The van der Waals surface area contributed by atoms with E-state index in [9.17, 15) is 0 Å². The second kappa shape index (κ2) is 4.10. The van der Waals surface area contributed by atoms with E-state index >= 15 is 0 Å². The molecule has 2 aromatic carbocycles. The number of hydrogen-bond acceptors (Lipinski definition) is 0. The molecular weight excluding hydrogens is 216 g/mol. The van der Waals surface area contributed by atoms with Crippen LogP contribution in [-0.4, -0.2) is 0 Å². The van der Waals surface area contributed by atoms with Gasteiger partial charge in [-0.15, -0.1) is 12.8 Å². The zero-order chi connectivity index (χ0) is 12.5. The van der Waals surface area contributed by atoms with E-state index < -0.39 is 0 Å². The molecule has 18 heavy (non-hydrogen) atoms. The molecular formula is C18H12. The van der Waals surface area contributed by atoms with Crippen LogP contribution in [0.4, 0.5) is 0 Å². The Morgan fingerprint density at radius 2 is 1.17 bits per heavy atom. The summed E-state index contributed by atoms with van der Waals surface area (Å²) in [4.78, 5) is 0. The number of hydrogen-bond donors (Lipinski definition) is 0. The fraction of sp³-hybridized carbons (Fsp3) is 0.111. The van der Waals surface area contributed by atoms with Gasteiger partial charge in [0.2, 0.25) is 0 Å². The summed E-state index contributed by atoms with van der Waals surface area (Å²) in [5, 5.41) is 0. The van der Waals surface area contributed by atoms with Gasteiger partial charge >= 0.3 is 0 Å². The minimum absolute atomic E-state index is 0.956. The van der Waals surface area contributed by atoms with Gasteiger partial charge in [-0.2, -0.15) is 0 Å². The van der Waals surface area contributed by atoms with Crippen molar-refractivity contribution in [3.05, 3.63) is 58.7 Å². The standard InChI is InChI=1S/C18H12/c1-3-13-5-9-17-15(11-13)7-8-16-12-14(4-2)6-10-18(16)17/h1-2,5-6,9-12H,7-8H2. The van der Waals surface area contributed by atoms with E-state index in [1.807, 2.05) is 12.1 Å². The molecule has 0 aliphatic heterocycles. The second-order valence-electron chi connectivity index (χ2n) is 4.53. The van der Waals surface area contributed by atoms with Crippen molar-refractivity contribution >= 4 is 0 Å². The molecule has 0 bridgehead atoms. The summed E-state index contributed by atoms with van der Waals surface area (Å²) in [6, 6.07) is 12.5. The molecule has 0 amide bonds. The lowest BCUT2D eigenvalue weighted by atomic mass is 9.84. The highest BCUT2D eigenvalue weighted by atomic mass is 14.2. The van der Waals surface area contributed by atoms with Crippen molar-refractivity contribution in [3.63, 3.8) is 0 Å². The van der Waals surface area contributed by atoms with Crippen molar-refractivity contribution in [2.75, 3.05) is 0 Å². The predicted octanol–water partition coefficient (Wildman–Crippen LogP) is 3.41. The van der Waals surface area contributed by atoms with Crippen LogP contribution in [0.3, 0.4) is 0 Å². The Kier molecular flexibility index (Phi) is 2.44. The SMILES string of the molecule is C#Cc1ccc2c(c1)CCc1cc(C#C)ccc1-2. The van der Waals surface area contributed by atoms with Crippen LogP contribution in [0.2, 0.25) is 0 Å². The average molecular weight is 228 g/mol. The summed E-state index contributed by atoms with van der Waals surface area (Å²) >= 11 is 0. The minimum Gasteiger partial charge on any atom is -0.115 e.